The van der Waals surface area contributed by atoms with E-state index in [2.05, 4.69) is 42.4 Å². The minimum atomic E-state index is -0.460. The summed E-state index contributed by atoms with van der Waals surface area (Å²) in [7, 11) is 0. The highest BCUT2D eigenvalue weighted by Crippen LogP contribution is 2.33. The van der Waals surface area contributed by atoms with Gasteiger partial charge in [0.25, 0.3) is 5.69 Å². The first kappa shape index (κ1) is 24.3. The maximum Gasteiger partial charge on any atom is 0.283 e. The van der Waals surface area contributed by atoms with Crippen molar-refractivity contribution in [1.82, 2.24) is 20.3 Å². The van der Waals surface area contributed by atoms with Crippen molar-refractivity contribution in [2.45, 2.75) is 16.5 Å². The number of carbonyl (C=O) groups excluding carboxylic acids is 1. The van der Waals surface area contributed by atoms with Crippen LogP contribution >= 0.6 is 11.8 Å². The fraction of sp³-hybridized carbons (Fsp3) is 0.250. The molecule has 0 aliphatic carbocycles. The Hall–Kier alpha value is -3.83. The summed E-state index contributed by atoms with van der Waals surface area (Å²) in [5.41, 5.74) is 4.16. The van der Waals surface area contributed by atoms with Gasteiger partial charge in [0.2, 0.25) is 5.91 Å². The topological polar surface area (TPSA) is 117 Å². The molecule has 1 fully saturated rings. The first-order valence-corrected chi connectivity index (χ1v) is 12.0. The van der Waals surface area contributed by atoms with Gasteiger partial charge in [-0.3, -0.25) is 19.8 Å². The van der Waals surface area contributed by atoms with Crippen molar-refractivity contribution in [2.75, 3.05) is 37.6 Å². The molecule has 2 aromatic carbocycles. The van der Waals surface area contributed by atoms with Gasteiger partial charge in [-0.05, 0) is 36.0 Å². The third-order valence-corrected chi connectivity index (χ3v) is 6.43. The third-order valence-electron chi connectivity index (χ3n) is 5.47. The van der Waals surface area contributed by atoms with E-state index >= 15 is 0 Å². The molecule has 1 amide bonds. The van der Waals surface area contributed by atoms with Crippen molar-refractivity contribution >= 4 is 35.3 Å². The molecule has 1 aliphatic heterocycles. The first-order valence-electron chi connectivity index (χ1n) is 11.2. The van der Waals surface area contributed by atoms with Gasteiger partial charge >= 0.3 is 0 Å². The summed E-state index contributed by atoms with van der Waals surface area (Å²) >= 11 is 1.11. The van der Waals surface area contributed by atoms with E-state index in [4.69, 9.17) is 0 Å². The summed E-state index contributed by atoms with van der Waals surface area (Å²) in [4.78, 5) is 36.5. The van der Waals surface area contributed by atoms with Crippen molar-refractivity contribution < 1.29 is 9.72 Å². The van der Waals surface area contributed by atoms with E-state index in [-0.39, 0.29) is 11.6 Å². The van der Waals surface area contributed by atoms with E-state index in [0.29, 0.717) is 28.6 Å². The molecular weight excluding hydrogens is 466 g/mol. The molecule has 1 aromatic heterocycles. The van der Waals surface area contributed by atoms with Crippen LogP contribution < -0.4 is 10.3 Å². The molecule has 10 nitrogen and oxygen atoms in total. The van der Waals surface area contributed by atoms with Crippen LogP contribution in [0.15, 0.2) is 82.1 Å². The summed E-state index contributed by atoms with van der Waals surface area (Å²) in [5, 5.41) is 15.9. The zero-order valence-electron chi connectivity index (χ0n) is 19.0. The molecule has 0 atom stereocenters. The van der Waals surface area contributed by atoms with Gasteiger partial charge in [-0.25, -0.2) is 15.4 Å². The van der Waals surface area contributed by atoms with Crippen molar-refractivity contribution in [1.29, 1.82) is 0 Å². The summed E-state index contributed by atoms with van der Waals surface area (Å²) in [6.45, 7) is 4.30. The Bertz CT molecular complexity index is 1170. The highest BCUT2D eigenvalue weighted by molar-refractivity contribution is 7.99. The maximum atomic E-state index is 12.2. The predicted octanol–water partition coefficient (Wildman–Crippen LogP) is 3.20. The number of benzene rings is 2. The van der Waals surface area contributed by atoms with Crippen molar-refractivity contribution in [3.8, 4) is 0 Å². The summed E-state index contributed by atoms with van der Waals surface area (Å²) in [5.74, 6) is -0.199. The second-order valence-corrected chi connectivity index (χ2v) is 8.83. The number of anilines is 1. The van der Waals surface area contributed by atoms with Crippen LogP contribution in [0.2, 0.25) is 0 Å². The number of aromatic nitrogens is 2. The number of piperazine rings is 1. The molecule has 35 heavy (non-hydrogen) atoms. The first-order chi connectivity index (χ1) is 17.1. The summed E-state index contributed by atoms with van der Waals surface area (Å²) in [6, 6.07) is 16.7. The smallest absolute Gasteiger partial charge is 0.283 e. The van der Waals surface area contributed by atoms with E-state index in [1.807, 2.05) is 18.2 Å². The highest BCUT2D eigenvalue weighted by Gasteiger charge is 2.18. The van der Waals surface area contributed by atoms with Gasteiger partial charge in [0.15, 0.2) is 5.16 Å². The molecule has 1 N–H and O–H groups in total. The molecule has 2 heterocycles. The van der Waals surface area contributed by atoms with Gasteiger partial charge in [-0.2, -0.15) is 5.10 Å². The standard InChI is InChI=1S/C24H25N7O3S/c32-23(9-12-29-13-15-30(16-14-29)20-5-2-1-3-6-20)28-27-18-19-7-8-22(21(17-19)31(33)34)35-24-25-10-4-11-26-24/h1-8,10-11,17-18H,9,12-16H2,(H,28,32). The van der Waals surface area contributed by atoms with Crippen LogP contribution in [0.1, 0.15) is 12.0 Å². The molecular formula is C24H25N7O3S. The van der Waals surface area contributed by atoms with Crippen LogP contribution in [-0.4, -0.2) is 64.6 Å². The number of para-hydroxylation sites is 1. The minimum Gasteiger partial charge on any atom is -0.369 e. The SMILES string of the molecule is O=C(CCN1CCN(c2ccccc2)CC1)NN=Cc1ccc(Sc2ncccn2)c([N+](=O)[O-])c1. The van der Waals surface area contributed by atoms with Crippen molar-refractivity contribution in [3.63, 3.8) is 0 Å². The van der Waals surface area contributed by atoms with Gasteiger partial charge in [0.05, 0.1) is 16.0 Å². The van der Waals surface area contributed by atoms with Crippen molar-refractivity contribution in [3.05, 3.63) is 82.7 Å². The van der Waals surface area contributed by atoms with Gasteiger partial charge in [0, 0.05) is 68.9 Å². The number of hydrogen-bond acceptors (Lipinski definition) is 9. The third kappa shape index (κ3) is 7.08. The molecule has 0 radical (unpaired) electrons. The van der Waals surface area contributed by atoms with Gasteiger partial charge in [-0.15, -0.1) is 0 Å². The average molecular weight is 492 g/mol. The molecule has 11 heteroatoms. The summed E-state index contributed by atoms with van der Waals surface area (Å²) in [6.07, 6.45) is 4.89. The predicted molar refractivity (Wildman–Crippen MR) is 135 cm³/mol. The number of hydrazone groups is 1. The molecule has 0 unspecified atom stereocenters. The Morgan fingerprint density at radius 2 is 1.83 bits per heavy atom. The molecule has 1 saturated heterocycles. The lowest BCUT2D eigenvalue weighted by Gasteiger charge is -2.36. The molecule has 4 rings (SSSR count). The number of nitro benzene ring substituents is 1. The lowest BCUT2D eigenvalue weighted by atomic mass is 10.2. The van der Waals surface area contributed by atoms with Gasteiger partial charge in [0.1, 0.15) is 0 Å². The van der Waals surface area contributed by atoms with E-state index < -0.39 is 4.92 Å². The largest absolute Gasteiger partial charge is 0.369 e. The van der Waals surface area contributed by atoms with Crippen LogP contribution in [0.5, 0.6) is 0 Å². The van der Waals surface area contributed by atoms with Gasteiger partial charge in [-0.1, -0.05) is 24.3 Å². The number of nitro groups is 1. The van der Waals surface area contributed by atoms with E-state index in [1.165, 1.54) is 18.0 Å². The minimum absolute atomic E-state index is 0.0765. The molecule has 3 aromatic rings. The number of rotatable bonds is 9. The Morgan fingerprint density at radius 3 is 2.54 bits per heavy atom. The van der Waals surface area contributed by atoms with E-state index in [1.54, 1.807) is 30.6 Å². The van der Waals surface area contributed by atoms with Crippen molar-refractivity contribution in [2.24, 2.45) is 5.10 Å². The Morgan fingerprint density at radius 1 is 1.09 bits per heavy atom. The van der Waals surface area contributed by atoms with E-state index in [9.17, 15) is 14.9 Å². The van der Waals surface area contributed by atoms with E-state index in [0.717, 1.165) is 37.9 Å². The van der Waals surface area contributed by atoms with Crippen LogP contribution in [0, 0.1) is 10.1 Å². The fourth-order valence-electron chi connectivity index (χ4n) is 3.64. The molecule has 0 bridgehead atoms. The number of amides is 1. The highest BCUT2D eigenvalue weighted by atomic mass is 32.2. The molecule has 0 spiro atoms. The lowest BCUT2D eigenvalue weighted by Crippen LogP contribution is -2.47. The number of nitrogens with one attached hydrogen (secondary N) is 1. The normalized spacial score (nSPS) is 14.2. The lowest BCUT2D eigenvalue weighted by molar-refractivity contribution is -0.387. The average Bonchev–Trinajstić information content (AvgIpc) is 2.89. The number of nitrogens with zero attached hydrogens (tertiary/aromatic N) is 6. The number of hydrogen-bond donors (Lipinski definition) is 1. The second kappa shape index (κ2) is 12.0. The van der Waals surface area contributed by atoms with Crippen LogP contribution in [0.25, 0.3) is 0 Å². The van der Waals surface area contributed by atoms with Crippen LogP contribution in [0.3, 0.4) is 0 Å². The summed E-state index contributed by atoms with van der Waals surface area (Å²) < 4.78 is 0. The number of carbonyl (C=O) groups is 1. The maximum absolute atomic E-state index is 12.2. The second-order valence-electron chi connectivity index (χ2n) is 7.83. The fourth-order valence-corrected chi connectivity index (χ4v) is 4.44. The monoisotopic (exact) mass is 491 g/mol. The molecule has 0 saturated carbocycles. The van der Waals surface area contributed by atoms with Crippen LogP contribution in [-0.2, 0) is 4.79 Å². The van der Waals surface area contributed by atoms with Crippen LogP contribution in [0.4, 0.5) is 11.4 Å². The zero-order chi connectivity index (χ0) is 24.5. The Labute approximate surface area is 207 Å². The Kier molecular flexibility index (Phi) is 8.36. The molecule has 180 valence electrons. The van der Waals surface area contributed by atoms with Gasteiger partial charge < -0.3 is 4.90 Å². The zero-order valence-corrected chi connectivity index (χ0v) is 19.8. The molecule has 1 aliphatic rings. The Balaban J connectivity index is 1.24. The quantitative estimate of drug-likeness (QED) is 0.210.